The Bertz CT molecular complexity index is 598. The number of carboxylic acids is 1. The lowest BCUT2D eigenvalue weighted by Crippen LogP contribution is -2.15. The molecular formula is C13H15F2O6P. The van der Waals surface area contributed by atoms with Crippen LogP contribution in [0.2, 0.25) is 0 Å². The molecule has 1 aromatic rings. The van der Waals surface area contributed by atoms with Crippen LogP contribution in [0.1, 0.15) is 34.6 Å². The largest absolute Gasteiger partial charge is 0.478 e. The smallest absolute Gasteiger partial charge is 0.338 e. The number of halogens is 2. The summed E-state index contributed by atoms with van der Waals surface area (Å²) in [5.41, 5.74) is -1.60. The van der Waals surface area contributed by atoms with Gasteiger partial charge in [-0.15, -0.1) is 0 Å². The van der Waals surface area contributed by atoms with E-state index >= 15 is 0 Å². The van der Waals surface area contributed by atoms with Crippen LogP contribution in [0, 0.1) is 11.6 Å². The second-order valence-corrected chi connectivity index (χ2v) is 6.20. The van der Waals surface area contributed by atoms with Crippen molar-refractivity contribution in [2.45, 2.75) is 13.8 Å². The van der Waals surface area contributed by atoms with Crippen LogP contribution in [0.3, 0.4) is 0 Å². The van der Waals surface area contributed by atoms with E-state index in [1.807, 2.05) is 0 Å². The summed E-state index contributed by atoms with van der Waals surface area (Å²) in [6.07, 6.45) is -0.838. The summed E-state index contributed by atoms with van der Waals surface area (Å²) < 4.78 is 49.5. The van der Waals surface area contributed by atoms with Gasteiger partial charge in [0.2, 0.25) is 0 Å². The number of Topliss-reactive ketones (excluding diaryl/α,β-unsaturated/α-hetero) is 1. The van der Waals surface area contributed by atoms with Gasteiger partial charge < -0.3 is 14.2 Å². The molecule has 0 fully saturated rings. The zero-order chi connectivity index (χ0) is 16.9. The molecule has 0 aliphatic heterocycles. The molecule has 0 aliphatic rings. The van der Waals surface area contributed by atoms with Gasteiger partial charge in [-0.25, -0.2) is 13.6 Å². The molecule has 1 rings (SSSR count). The molecule has 0 aliphatic carbocycles. The monoisotopic (exact) mass is 336 g/mol. The fourth-order valence-electron chi connectivity index (χ4n) is 1.74. The SMILES string of the molecule is CCOP(=O)(CC(=O)c1c(F)cc(C(=O)O)cc1F)OCC. The summed E-state index contributed by atoms with van der Waals surface area (Å²) in [5.74, 6) is -5.35. The van der Waals surface area contributed by atoms with Crippen molar-refractivity contribution in [3.8, 4) is 0 Å². The first kappa shape index (κ1) is 18.4. The van der Waals surface area contributed by atoms with Crippen LogP contribution in [-0.2, 0) is 13.6 Å². The van der Waals surface area contributed by atoms with Crippen molar-refractivity contribution in [3.63, 3.8) is 0 Å². The number of carbonyl (C=O) groups is 2. The van der Waals surface area contributed by atoms with E-state index in [1.54, 1.807) is 0 Å². The molecule has 0 bridgehead atoms. The van der Waals surface area contributed by atoms with Gasteiger partial charge in [0.1, 0.15) is 17.8 Å². The van der Waals surface area contributed by atoms with E-state index in [4.69, 9.17) is 14.2 Å². The van der Waals surface area contributed by atoms with Gasteiger partial charge in [0.25, 0.3) is 0 Å². The maximum absolute atomic E-state index is 13.8. The van der Waals surface area contributed by atoms with Crippen LogP contribution >= 0.6 is 7.60 Å². The summed E-state index contributed by atoms with van der Waals surface area (Å²) in [6, 6.07) is 1.04. The highest BCUT2D eigenvalue weighted by atomic mass is 31.2. The van der Waals surface area contributed by atoms with E-state index in [0.717, 1.165) is 0 Å². The molecule has 0 aromatic heterocycles. The molecule has 0 saturated heterocycles. The number of hydrogen-bond acceptors (Lipinski definition) is 5. The highest BCUT2D eigenvalue weighted by Crippen LogP contribution is 2.48. The minimum atomic E-state index is -3.81. The average molecular weight is 336 g/mol. The quantitative estimate of drug-likeness (QED) is 0.579. The van der Waals surface area contributed by atoms with E-state index in [1.165, 1.54) is 13.8 Å². The summed E-state index contributed by atoms with van der Waals surface area (Å²) in [5, 5.41) is 8.69. The first-order valence-corrected chi connectivity index (χ1v) is 8.10. The van der Waals surface area contributed by atoms with Crippen molar-refractivity contribution in [3.05, 3.63) is 34.9 Å². The maximum atomic E-state index is 13.8. The van der Waals surface area contributed by atoms with Gasteiger partial charge in [0.15, 0.2) is 5.78 Å². The Morgan fingerprint density at radius 2 is 1.59 bits per heavy atom. The van der Waals surface area contributed by atoms with Gasteiger partial charge in [-0.3, -0.25) is 9.36 Å². The standard InChI is InChI=1S/C13H15F2O6P/c1-3-20-22(19,21-4-2)7-11(16)12-9(14)5-8(13(17)18)6-10(12)15/h5-6H,3-4,7H2,1-2H3,(H,17,18). The van der Waals surface area contributed by atoms with Gasteiger partial charge in [-0.2, -0.15) is 0 Å². The molecule has 1 N–H and O–H groups in total. The van der Waals surface area contributed by atoms with Crippen LogP contribution in [0.5, 0.6) is 0 Å². The van der Waals surface area contributed by atoms with Crippen LogP contribution in [0.25, 0.3) is 0 Å². The van der Waals surface area contributed by atoms with E-state index in [0.29, 0.717) is 12.1 Å². The third-order valence-corrected chi connectivity index (χ3v) is 4.53. The molecule has 22 heavy (non-hydrogen) atoms. The Hall–Kier alpha value is -1.63. The minimum absolute atomic E-state index is 0.00647. The van der Waals surface area contributed by atoms with E-state index < -0.39 is 48.3 Å². The number of ketones is 1. The van der Waals surface area contributed by atoms with Gasteiger partial charge in [-0.05, 0) is 26.0 Å². The molecule has 9 heteroatoms. The van der Waals surface area contributed by atoms with E-state index in [-0.39, 0.29) is 13.2 Å². The van der Waals surface area contributed by atoms with Gasteiger partial charge >= 0.3 is 13.6 Å². The predicted octanol–water partition coefficient (Wildman–Crippen LogP) is 3.11. The van der Waals surface area contributed by atoms with Crippen molar-refractivity contribution < 1.29 is 37.1 Å². The maximum Gasteiger partial charge on any atom is 0.338 e. The number of carboxylic acid groups (broad SMARTS) is 1. The Kier molecular flexibility index (Phi) is 6.34. The average Bonchev–Trinajstić information content (AvgIpc) is 2.37. The van der Waals surface area contributed by atoms with Gasteiger partial charge in [0, 0.05) is 0 Å². The lowest BCUT2D eigenvalue weighted by Gasteiger charge is -2.16. The summed E-state index contributed by atoms with van der Waals surface area (Å²) in [6.45, 7) is 3.04. The third kappa shape index (κ3) is 4.43. The zero-order valence-electron chi connectivity index (χ0n) is 12.0. The molecule has 0 unspecified atom stereocenters. The molecule has 122 valence electrons. The topological polar surface area (TPSA) is 89.9 Å². The summed E-state index contributed by atoms with van der Waals surface area (Å²) in [7, 11) is -3.81. The summed E-state index contributed by atoms with van der Waals surface area (Å²) >= 11 is 0. The van der Waals surface area contributed by atoms with Crippen LogP contribution in [-0.4, -0.2) is 36.2 Å². The first-order valence-electron chi connectivity index (χ1n) is 6.37. The van der Waals surface area contributed by atoms with Crippen LogP contribution in [0.4, 0.5) is 8.78 Å². The van der Waals surface area contributed by atoms with Crippen molar-refractivity contribution in [2.75, 3.05) is 19.4 Å². The first-order chi connectivity index (χ1) is 10.2. The Morgan fingerprint density at radius 1 is 1.14 bits per heavy atom. The van der Waals surface area contributed by atoms with Crippen molar-refractivity contribution in [1.82, 2.24) is 0 Å². The molecule has 1 aromatic carbocycles. The highest BCUT2D eigenvalue weighted by molar-refractivity contribution is 7.54. The Balaban J connectivity index is 3.13. The molecule has 0 radical (unpaired) electrons. The lowest BCUT2D eigenvalue weighted by atomic mass is 10.1. The fourth-order valence-corrected chi connectivity index (χ4v) is 3.29. The Morgan fingerprint density at radius 3 is 1.95 bits per heavy atom. The van der Waals surface area contributed by atoms with Crippen molar-refractivity contribution >= 4 is 19.3 Å². The van der Waals surface area contributed by atoms with Crippen LogP contribution < -0.4 is 0 Å². The predicted molar refractivity (Wildman–Crippen MR) is 73.4 cm³/mol. The molecule has 0 heterocycles. The number of rotatable bonds is 8. The number of hydrogen-bond donors (Lipinski definition) is 1. The number of aromatic carboxylic acids is 1. The zero-order valence-corrected chi connectivity index (χ0v) is 12.9. The molecule has 0 amide bonds. The van der Waals surface area contributed by atoms with E-state index in [2.05, 4.69) is 0 Å². The van der Waals surface area contributed by atoms with Gasteiger partial charge in [0.05, 0.1) is 24.3 Å². The molecule has 6 nitrogen and oxygen atoms in total. The minimum Gasteiger partial charge on any atom is -0.478 e. The number of carbonyl (C=O) groups excluding carboxylic acids is 1. The Labute approximate surface area is 125 Å². The van der Waals surface area contributed by atoms with Crippen molar-refractivity contribution in [2.24, 2.45) is 0 Å². The number of benzene rings is 1. The molecule has 0 atom stereocenters. The molecule has 0 saturated carbocycles. The second kappa shape index (κ2) is 7.58. The molecular weight excluding hydrogens is 321 g/mol. The molecule has 0 spiro atoms. The van der Waals surface area contributed by atoms with E-state index in [9.17, 15) is 22.9 Å². The second-order valence-electron chi connectivity index (χ2n) is 4.15. The lowest BCUT2D eigenvalue weighted by molar-refractivity contribution is 0.0694. The third-order valence-electron chi connectivity index (χ3n) is 2.56. The fraction of sp³-hybridized carbons (Fsp3) is 0.385. The van der Waals surface area contributed by atoms with Crippen molar-refractivity contribution in [1.29, 1.82) is 0 Å². The highest BCUT2D eigenvalue weighted by Gasteiger charge is 2.31. The van der Waals surface area contributed by atoms with Crippen LogP contribution in [0.15, 0.2) is 12.1 Å². The van der Waals surface area contributed by atoms with Gasteiger partial charge in [-0.1, -0.05) is 0 Å². The normalized spacial score (nSPS) is 11.5. The summed E-state index contributed by atoms with van der Waals surface area (Å²) in [4.78, 5) is 22.7.